The number of nitrogens with two attached hydrogens (primary N) is 2. The Hall–Kier alpha value is -2.64. The average Bonchev–Trinajstić information content (AvgIpc) is 3.27. The van der Waals surface area contributed by atoms with Crippen molar-refractivity contribution in [2.45, 2.75) is 50.2 Å². The average molecular weight is 472 g/mol. The van der Waals surface area contributed by atoms with Gasteiger partial charge in [-0.05, 0) is 37.8 Å². The van der Waals surface area contributed by atoms with Gasteiger partial charge in [-0.1, -0.05) is 6.42 Å². The highest BCUT2D eigenvalue weighted by Gasteiger charge is 2.25. The molecule has 32 heavy (non-hydrogen) atoms. The molecule has 1 aromatic rings. The second-order valence-corrected chi connectivity index (χ2v) is 8.18. The van der Waals surface area contributed by atoms with E-state index in [0.29, 0.717) is 37.3 Å². The third-order valence-electron chi connectivity index (χ3n) is 4.59. The number of carboxylic acid groups (broad SMARTS) is 1. The molecule has 0 bridgehead atoms. The smallest absolute Gasteiger partial charge is 0.326 e. The van der Waals surface area contributed by atoms with Crippen molar-refractivity contribution in [1.29, 1.82) is 0 Å². The van der Waals surface area contributed by atoms with Crippen molar-refractivity contribution >= 4 is 35.5 Å². The van der Waals surface area contributed by atoms with Crippen LogP contribution in [-0.4, -0.2) is 82.0 Å². The van der Waals surface area contributed by atoms with E-state index in [2.05, 4.69) is 25.9 Å². The van der Waals surface area contributed by atoms with Gasteiger partial charge in [0.15, 0.2) is 0 Å². The van der Waals surface area contributed by atoms with Crippen molar-refractivity contribution in [3.63, 3.8) is 0 Å². The molecule has 0 aromatic carbocycles. The van der Waals surface area contributed by atoms with E-state index in [4.69, 9.17) is 11.5 Å². The molecule has 13 heteroatoms. The number of H-pyrrole nitrogens is 1. The largest absolute Gasteiger partial charge is 0.480 e. The Balaban J connectivity index is 2.58. The summed E-state index contributed by atoms with van der Waals surface area (Å²) in [5, 5.41) is 16.7. The molecule has 3 amide bonds. The van der Waals surface area contributed by atoms with Gasteiger partial charge in [-0.25, -0.2) is 9.78 Å². The zero-order valence-electron chi connectivity index (χ0n) is 18.1. The maximum atomic E-state index is 12.5. The molecular formula is C19H33N7O5S. The van der Waals surface area contributed by atoms with Gasteiger partial charge in [-0.2, -0.15) is 11.8 Å². The van der Waals surface area contributed by atoms with Crippen molar-refractivity contribution in [1.82, 2.24) is 25.9 Å². The number of aliphatic carboxylic acids is 1. The lowest BCUT2D eigenvalue weighted by Crippen LogP contribution is -2.53. The molecule has 12 nitrogen and oxygen atoms in total. The third-order valence-corrected chi connectivity index (χ3v) is 5.23. The Kier molecular flexibility index (Phi) is 13.0. The van der Waals surface area contributed by atoms with E-state index in [1.807, 2.05) is 6.26 Å². The highest BCUT2D eigenvalue weighted by atomic mass is 32.2. The molecule has 1 aromatic heterocycles. The summed E-state index contributed by atoms with van der Waals surface area (Å²) in [7, 11) is 0. The summed E-state index contributed by atoms with van der Waals surface area (Å²) in [6.45, 7) is 0.0829. The molecule has 3 unspecified atom stereocenters. The fourth-order valence-electron chi connectivity index (χ4n) is 2.78. The van der Waals surface area contributed by atoms with E-state index in [-0.39, 0.29) is 6.42 Å². The SMILES string of the molecule is CSCCC(NC(=O)C(N)CCCCN)C(=O)NCC(=O)NC(Cc1cnc[nH]1)C(=O)O. The zero-order valence-corrected chi connectivity index (χ0v) is 19.0. The van der Waals surface area contributed by atoms with E-state index < -0.39 is 48.4 Å². The van der Waals surface area contributed by atoms with Crippen molar-refractivity contribution in [3.05, 3.63) is 18.2 Å². The number of aromatic nitrogens is 2. The predicted molar refractivity (Wildman–Crippen MR) is 121 cm³/mol. The Morgan fingerprint density at radius 2 is 1.91 bits per heavy atom. The second kappa shape index (κ2) is 15.2. The number of carboxylic acids is 1. The summed E-state index contributed by atoms with van der Waals surface area (Å²) in [5.41, 5.74) is 11.9. The van der Waals surface area contributed by atoms with Crippen molar-refractivity contribution in [3.8, 4) is 0 Å². The van der Waals surface area contributed by atoms with E-state index in [1.165, 1.54) is 24.3 Å². The molecule has 0 spiro atoms. The number of carbonyl (C=O) groups excluding carboxylic acids is 3. The summed E-state index contributed by atoms with van der Waals surface area (Å²) < 4.78 is 0. The first kappa shape index (κ1) is 27.4. The summed E-state index contributed by atoms with van der Waals surface area (Å²) in [6, 6.07) is -2.80. The molecule has 0 aliphatic carbocycles. The summed E-state index contributed by atoms with van der Waals surface area (Å²) >= 11 is 1.51. The molecule has 0 saturated carbocycles. The predicted octanol–water partition coefficient (Wildman–Crippen LogP) is -1.67. The monoisotopic (exact) mass is 471 g/mol. The summed E-state index contributed by atoms with van der Waals surface area (Å²) in [4.78, 5) is 55.0. The number of rotatable bonds is 16. The van der Waals surface area contributed by atoms with Crippen LogP contribution in [0.5, 0.6) is 0 Å². The summed E-state index contributed by atoms with van der Waals surface area (Å²) in [6.07, 6.45) is 7.02. The van der Waals surface area contributed by atoms with Crippen LogP contribution in [-0.2, 0) is 25.6 Å². The number of nitrogens with one attached hydrogen (secondary N) is 4. The van der Waals surface area contributed by atoms with Gasteiger partial charge >= 0.3 is 5.97 Å². The fourth-order valence-corrected chi connectivity index (χ4v) is 3.25. The van der Waals surface area contributed by atoms with Crippen LogP contribution in [0.1, 0.15) is 31.4 Å². The molecule has 1 rings (SSSR count). The minimum atomic E-state index is -1.21. The lowest BCUT2D eigenvalue weighted by Gasteiger charge is -2.21. The lowest BCUT2D eigenvalue weighted by molar-refractivity contribution is -0.141. The van der Waals surface area contributed by atoms with Crippen LogP contribution in [0.15, 0.2) is 12.5 Å². The van der Waals surface area contributed by atoms with Crippen LogP contribution < -0.4 is 27.4 Å². The zero-order chi connectivity index (χ0) is 23.9. The molecule has 0 saturated heterocycles. The first-order valence-corrected chi connectivity index (χ1v) is 11.7. The number of aromatic amines is 1. The molecular weight excluding hydrogens is 438 g/mol. The van der Waals surface area contributed by atoms with Gasteiger partial charge in [0.2, 0.25) is 17.7 Å². The number of unbranched alkanes of at least 4 members (excludes halogenated alkanes) is 1. The number of amides is 3. The topological polar surface area (TPSA) is 205 Å². The summed E-state index contributed by atoms with van der Waals surface area (Å²) in [5.74, 6) is -2.26. The molecule has 180 valence electrons. The Bertz CT molecular complexity index is 732. The maximum absolute atomic E-state index is 12.5. The maximum Gasteiger partial charge on any atom is 0.326 e. The van der Waals surface area contributed by atoms with Gasteiger partial charge in [0, 0.05) is 18.3 Å². The van der Waals surface area contributed by atoms with Crippen LogP contribution in [0.3, 0.4) is 0 Å². The number of carbonyl (C=O) groups is 4. The van der Waals surface area contributed by atoms with E-state index >= 15 is 0 Å². The Morgan fingerprint density at radius 1 is 1.16 bits per heavy atom. The van der Waals surface area contributed by atoms with Crippen LogP contribution in [0, 0.1) is 0 Å². The number of nitrogens with zero attached hydrogens (tertiary/aromatic N) is 1. The first-order chi connectivity index (χ1) is 15.3. The van der Waals surface area contributed by atoms with Crippen molar-refractivity contribution < 1.29 is 24.3 Å². The third kappa shape index (κ3) is 10.6. The highest BCUT2D eigenvalue weighted by Crippen LogP contribution is 2.04. The van der Waals surface area contributed by atoms with Gasteiger partial charge < -0.3 is 37.5 Å². The van der Waals surface area contributed by atoms with Gasteiger partial charge in [0.25, 0.3) is 0 Å². The minimum Gasteiger partial charge on any atom is -0.480 e. The molecule has 3 atom stereocenters. The van der Waals surface area contributed by atoms with Crippen molar-refractivity contribution in [2.24, 2.45) is 11.5 Å². The van der Waals surface area contributed by atoms with Gasteiger partial charge in [-0.3, -0.25) is 14.4 Å². The molecule has 0 aliphatic rings. The van der Waals surface area contributed by atoms with E-state index in [9.17, 15) is 24.3 Å². The highest BCUT2D eigenvalue weighted by molar-refractivity contribution is 7.98. The number of thioether (sulfide) groups is 1. The van der Waals surface area contributed by atoms with Crippen LogP contribution in [0.2, 0.25) is 0 Å². The molecule has 0 radical (unpaired) electrons. The van der Waals surface area contributed by atoms with Gasteiger partial charge in [0.05, 0.1) is 18.9 Å². The lowest BCUT2D eigenvalue weighted by atomic mass is 10.1. The second-order valence-electron chi connectivity index (χ2n) is 7.19. The Morgan fingerprint density at radius 3 is 2.50 bits per heavy atom. The minimum absolute atomic E-state index is 0.0173. The van der Waals surface area contributed by atoms with Crippen LogP contribution in [0.4, 0.5) is 0 Å². The number of imidazole rings is 1. The fraction of sp³-hybridized carbons (Fsp3) is 0.632. The quantitative estimate of drug-likeness (QED) is 0.137. The van der Waals surface area contributed by atoms with Gasteiger partial charge in [0.1, 0.15) is 12.1 Å². The number of hydrogen-bond donors (Lipinski definition) is 7. The molecule has 9 N–H and O–H groups in total. The molecule has 0 fully saturated rings. The van der Waals surface area contributed by atoms with Gasteiger partial charge in [-0.15, -0.1) is 0 Å². The molecule has 1 heterocycles. The molecule has 0 aliphatic heterocycles. The van der Waals surface area contributed by atoms with Crippen molar-refractivity contribution in [2.75, 3.05) is 25.1 Å². The standard InChI is InChI=1S/C19H33N7O5S/c1-32-7-5-14(26-17(28)13(21)4-2-3-6-20)18(29)23-10-16(27)25-15(19(30)31)8-12-9-22-11-24-12/h9,11,13-15H,2-8,10,20-21H2,1H3,(H,22,24)(H,23,29)(H,25,27)(H,26,28)(H,30,31). The Labute approximate surface area is 191 Å². The van der Waals surface area contributed by atoms with Crippen LogP contribution in [0.25, 0.3) is 0 Å². The van der Waals surface area contributed by atoms with E-state index in [1.54, 1.807) is 0 Å². The first-order valence-electron chi connectivity index (χ1n) is 10.3. The normalized spacial score (nSPS) is 13.6. The van der Waals surface area contributed by atoms with E-state index in [0.717, 1.165) is 6.42 Å². The van der Waals surface area contributed by atoms with Crippen LogP contribution >= 0.6 is 11.8 Å². The number of hydrogen-bond acceptors (Lipinski definition) is 8.